The molecule has 1 heterocycles. The van der Waals surface area contributed by atoms with Crippen molar-refractivity contribution in [1.82, 2.24) is 0 Å². The number of hydrogen-bond donors (Lipinski definition) is 0. The molecule has 0 radical (unpaired) electrons. The monoisotopic (exact) mass is 341 g/mol. The van der Waals surface area contributed by atoms with Crippen LogP contribution in [0.4, 0.5) is 0 Å². The number of fused-ring (bicyclic) bond motifs is 1. The molecule has 1 saturated carbocycles. The van der Waals surface area contributed by atoms with E-state index in [0.29, 0.717) is 11.3 Å². The maximum absolute atomic E-state index is 6.27. The standard InChI is InChI=1S/C20H20ClNS/c21-15-11-12-17-18(13-15)19(14-7-3-1-4-8-14)23-20(17)22-16-9-5-2-6-10-16/h1,3-4,7-8,11-13,16,19H,2,5-6,9-10H2. The van der Waals surface area contributed by atoms with Gasteiger partial charge in [-0.3, -0.25) is 4.99 Å². The smallest absolute Gasteiger partial charge is 0.0992 e. The second-order valence-electron chi connectivity index (χ2n) is 6.37. The van der Waals surface area contributed by atoms with Crippen molar-refractivity contribution in [2.24, 2.45) is 4.99 Å². The van der Waals surface area contributed by atoms with E-state index in [4.69, 9.17) is 16.6 Å². The Morgan fingerprint density at radius 2 is 1.74 bits per heavy atom. The number of aliphatic imine (C=N–C) groups is 1. The fourth-order valence-electron chi connectivity index (χ4n) is 3.54. The number of rotatable bonds is 2. The van der Waals surface area contributed by atoms with E-state index in [-0.39, 0.29) is 0 Å². The number of hydrogen-bond acceptors (Lipinski definition) is 2. The van der Waals surface area contributed by atoms with Gasteiger partial charge < -0.3 is 0 Å². The summed E-state index contributed by atoms with van der Waals surface area (Å²) >= 11 is 8.15. The predicted molar refractivity (Wildman–Crippen MR) is 101 cm³/mol. The summed E-state index contributed by atoms with van der Waals surface area (Å²) in [6.07, 6.45) is 6.49. The Labute approximate surface area is 147 Å². The minimum Gasteiger partial charge on any atom is -0.274 e. The van der Waals surface area contributed by atoms with Gasteiger partial charge in [-0.2, -0.15) is 0 Å². The van der Waals surface area contributed by atoms with Gasteiger partial charge in [-0.25, -0.2) is 0 Å². The molecule has 0 aromatic heterocycles. The van der Waals surface area contributed by atoms with Crippen molar-refractivity contribution in [3.05, 3.63) is 70.2 Å². The second-order valence-corrected chi connectivity index (χ2v) is 7.90. The number of thioether (sulfide) groups is 1. The first kappa shape index (κ1) is 15.3. The van der Waals surface area contributed by atoms with Crippen molar-refractivity contribution in [2.45, 2.75) is 43.4 Å². The van der Waals surface area contributed by atoms with Crippen molar-refractivity contribution in [1.29, 1.82) is 0 Å². The molecule has 2 aliphatic rings. The van der Waals surface area contributed by atoms with Crippen LogP contribution < -0.4 is 0 Å². The highest BCUT2D eigenvalue weighted by molar-refractivity contribution is 8.15. The Bertz CT molecular complexity index is 720. The van der Waals surface area contributed by atoms with Crippen LogP contribution in [0.15, 0.2) is 53.5 Å². The van der Waals surface area contributed by atoms with Crippen LogP contribution in [0, 0.1) is 0 Å². The Balaban J connectivity index is 1.72. The van der Waals surface area contributed by atoms with Crippen LogP contribution in [0.25, 0.3) is 0 Å². The molecule has 2 aromatic carbocycles. The van der Waals surface area contributed by atoms with Crippen LogP contribution in [0.5, 0.6) is 0 Å². The SMILES string of the molecule is Clc1ccc2c(c1)C(c1ccccc1)SC2=NC1CCCCC1. The van der Waals surface area contributed by atoms with Crippen LogP contribution in [0.2, 0.25) is 5.02 Å². The quantitative estimate of drug-likeness (QED) is 0.628. The summed E-state index contributed by atoms with van der Waals surface area (Å²) in [7, 11) is 0. The van der Waals surface area contributed by atoms with Crippen molar-refractivity contribution >= 4 is 28.4 Å². The summed E-state index contributed by atoms with van der Waals surface area (Å²) in [5, 5.41) is 2.33. The first-order chi connectivity index (χ1) is 11.3. The topological polar surface area (TPSA) is 12.4 Å². The van der Waals surface area contributed by atoms with E-state index in [1.165, 1.54) is 53.8 Å². The third-order valence-electron chi connectivity index (χ3n) is 4.73. The van der Waals surface area contributed by atoms with E-state index in [1.807, 2.05) is 17.8 Å². The van der Waals surface area contributed by atoms with Crippen LogP contribution in [-0.4, -0.2) is 11.1 Å². The zero-order valence-electron chi connectivity index (χ0n) is 13.0. The lowest BCUT2D eigenvalue weighted by Gasteiger charge is -2.18. The molecule has 23 heavy (non-hydrogen) atoms. The third-order valence-corrected chi connectivity index (χ3v) is 6.28. The van der Waals surface area contributed by atoms with Crippen LogP contribution in [-0.2, 0) is 0 Å². The normalized spacial score (nSPS) is 23.2. The van der Waals surface area contributed by atoms with E-state index >= 15 is 0 Å². The predicted octanol–water partition coefficient (Wildman–Crippen LogP) is 6.26. The molecule has 1 unspecified atom stereocenters. The molecule has 118 valence electrons. The maximum atomic E-state index is 6.27. The second kappa shape index (κ2) is 6.70. The maximum Gasteiger partial charge on any atom is 0.0992 e. The van der Waals surface area contributed by atoms with Crippen LogP contribution in [0.1, 0.15) is 54.0 Å². The molecule has 4 rings (SSSR count). The van der Waals surface area contributed by atoms with E-state index in [9.17, 15) is 0 Å². The first-order valence-corrected chi connectivity index (χ1v) is 9.66. The highest BCUT2D eigenvalue weighted by Crippen LogP contribution is 2.47. The van der Waals surface area contributed by atoms with Gasteiger partial charge in [0.05, 0.1) is 16.3 Å². The summed E-state index contributed by atoms with van der Waals surface area (Å²) in [5.41, 5.74) is 3.91. The van der Waals surface area contributed by atoms with Crippen molar-refractivity contribution < 1.29 is 0 Å². The van der Waals surface area contributed by atoms with Gasteiger partial charge in [0.1, 0.15) is 0 Å². The summed E-state index contributed by atoms with van der Waals surface area (Å²) in [6.45, 7) is 0. The minimum absolute atomic E-state index is 0.312. The Kier molecular flexibility index (Phi) is 4.46. The van der Waals surface area contributed by atoms with Gasteiger partial charge in [0.25, 0.3) is 0 Å². The average molecular weight is 342 g/mol. The lowest BCUT2D eigenvalue weighted by molar-refractivity contribution is 0.444. The third kappa shape index (κ3) is 3.20. The molecule has 0 amide bonds. The average Bonchev–Trinajstić information content (AvgIpc) is 2.94. The molecule has 1 nitrogen and oxygen atoms in total. The Hall–Kier alpha value is -1.25. The first-order valence-electron chi connectivity index (χ1n) is 8.40. The zero-order chi connectivity index (χ0) is 15.6. The van der Waals surface area contributed by atoms with Gasteiger partial charge in [0, 0.05) is 10.6 Å². The summed E-state index contributed by atoms with van der Waals surface area (Å²) in [5.74, 6) is 0. The fraction of sp³-hybridized carbons (Fsp3) is 0.350. The molecule has 1 fully saturated rings. The number of nitrogens with zero attached hydrogens (tertiary/aromatic N) is 1. The molecule has 1 aliphatic carbocycles. The van der Waals surface area contributed by atoms with Crippen LogP contribution in [0.3, 0.4) is 0 Å². The minimum atomic E-state index is 0.312. The molecule has 2 aromatic rings. The highest BCUT2D eigenvalue weighted by Gasteiger charge is 2.30. The molecule has 0 spiro atoms. The fourth-order valence-corrected chi connectivity index (χ4v) is 5.08. The lowest BCUT2D eigenvalue weighted by Crippen LogP contribution is -2.11. The van der Waals surface area contributed by atoms with Gasteiger partial charge in [-0.05, 0) is 36.1 Å². The van der Waals surface area contributed by atoms with Gasteiger partial charge in [-0.1, -0.05) is 79.0 Å². The molecule has 0 N–H and O–H groups in total. The van der Waals surface area contributed by atoms with Crippen LogP contribution >= 0.6 is 23.4 Å². The van der Waals surface area contributed by atoms with E-state index in [1.54, 1.807) is 0 Å². The van der Waals surface area contributed by atoms with Crippen molar-refractivity contribution in [3.63, 3.8) is 0 Å². The lowest BCUT2D eigenvalue weighted by atomic mass is 9.96. The van der Waals surface area contributed by atoms with E-state index in [2.05, 4.69) is 42.5 Å². The van der Waals surface area contributed by atoms with Crippen molar-refractivity contribution in [2.75, 3.05) is 0 Å². The summed E-state index contributed by atoms with van der Waals surface area (Å²) in [6, 6.07) is 17.4. The van der Waals surface area contributed by atoms with Gasteiger partial charge in [-0.15, -0.1) is 0 Å². The number of halogens is 1. The summed E-state index contributed by atoms with van der Waals surface area (Å²) in [4.78, 5) is 5.12. The Morgan fingerprint density at radius 3 is 2.52 bits per heavy atom. The molecule has 3 heteroatoms. The summed E-state index contributed by atoms with van der Waals surface area (Å²) < 4.78 is 0. The highest BCUT2D eigenvalue weighted by atomic mass is 35.5. The number of benzene rings is 2. The largest absolute Gasteiger partial charge is 0.274 e. The molecular weight excluding hydrogens is 322 g/mol. The van der Waals surface area contributed by atoms with Gasteiger partial charge in [0.15, 0.2) is 0 Å². The molecule has 0 saturated heterocycles. The molecule has 0 bridgehead atoms. The van der Waals surface area contributed by atoms with E-state index < -0.39 is 0 Å². The molecule has 1 atom stereocenters. The van der Waals surface area contributed by atoms with Crippen molar-refractivity contribution in [3.8, 4) is 0 Å². The van der Waals surface area contributed by atoms with Gasteiger partial charge >= 0.3 is 0 Å². The molecular formula is C20H20ClNS. The Morgan fingerprint density at radius 1 is 0.957 bits per heavy atom. The van der Waals surface area contributed by atoms with Gasteiger partial charge in [0.2, 0.25) is 0 Å². The van der Waals surface area contributed by atoms with E-state index in [0.717, 1.165) is 5.02 Å². The molecule has 1 aliphatic heterocycles. The zero-order valence-corrected chi connectivity index (χ0v) is 14.6.